The minimum atomic E-state index is -4.72. The van der Waals surface area contributed by atoms with Crippen molar-refractivity contribution in [2.45, 2.75) is 45.5 Å². The maximum atomic E-state index is 12.6. The normalized spacial score (nSPS) is 16.8. The summed E-state index contributed by atoms with van der Waals surface area (Å²) in [6, 6.07) is 5.83. The van der Waals surface area contributed by atoms with Gasteiger partial charge in [0.15, 0.2) is 0 Å². The van der Waals surface area contributed by atoms with Crippen molar-refractivity contribution in [2.75, 3.05) is 24.5 Å². The van der Waals surface area contributed by atoms with Gasteiger partial charge in [0.1, 0.15) is 5.75 Å². The van der Waals surface area contributed by atoms with E-state index in [1.807, 2.05) is 18.7 Å². The predicted molar refractivity (Wildman–Crippen MR) is 108 cm³/mol. The summed E-state index contributed by atoms with van der Waals surface area (Å²) in [5.74, 6) is -0.299. The number of rotatable bonds is 7. The number of amides is 1. The highest BCUT2D eigenvalue weighted by Crippen LogP contribution is 2.29. The van der Waals surface area contributed by atoms with Crippen molar-refractivity contribution in [1.29, 1.82) is 0 Å². The number of hydrogen-bond donors (Lipinski definition) is 2. The van der Waals surface area contributed by atoms with E-state index in [1.54, 1.807) is 6.07 Å². The fraction of sp³-hybridized carbons (Fsp3) is 0.611. The Bertz CT molecular complexity index is 620. The van der Waals surface area contributed by atoms with Crippen LogP contribution in [0.1, 0.15) is 33.1 Å². The van der Waals surface area contributed by atoms with Crippen molar-refractivity contribution in [3.8, 4) is 5.75 Å². The molecule has 5 nitrogen and oxygen atoms in total. The number of alkyl halides is 3. The Kier molecular flexibility index (Phi) is 10.4. The molecule has 1 aliphatic heterocycles. The summed E-state index contributed by atoms with van der Waals surface area (Å²) >= 11 is 0. The zero-order valence-corrected chi connectivity index (χ0v) is 17.6. The van der Waals surface area contributed by atoms with Crippen molar-refractivity contribution in [1.82, 2.24) is 5.32 Å². The second-order valence-corrected chi connectivity index (χ2v) is 6.64. The molecule has 1 atom stereocenters. The minimum absolute atomic E-state index is 0. The van der Waals surface area contributed by atoms with Gasteiger partial charge in [-0.25, -0.2) is 0 Å². The third kappa shape index (κ3) is 6.60. The van der Waals surface area contributed by atoms with Gasteiger partial charge in [-0.3, -0.25) is 4.79 Å². The van der Waals surface area contributed by atoms with Crippen LogP contribution in [0.2, 0.25) is 0 Å². The number of benzene rings is 1. The van der Waals surface area contributed by atoms with Crippen LogP contribution in [0.25, 0.3) is 0 Å². The highest BCUT2D eigenvalue weighted by molar-refractivity contribution is 5.85. The van der Waals surface area contributed by atoms with Crippen molar-refractivity contribution >= 4 is 36.4 Å². The van der Waals surface area contributed by atoms with Crippen molar-refractivity contribution in [2.24, 2.45) is 11.1 Å². The molecule has 0 radical (unpaired) electrons. The summed E-state index contributed by atoms with van der Waals surface area (Å²) in [5.41, 5.74) is 5.89. The predicted octanol–water partition coefficient (Wildman–Crippen LogP) is 3.89. The SMILES string of the molecule is CCC(CC)(CN)C(=O)NC1CCN(c2cccc(OC(F)(F)F)c2)C1.Cl.Cl. The molecule has 0 spiro atoms. The van der Waals surface area contributed by atoms with Gasteiger partial charge >= 0.3 is 6.36 Å². The number of ether oxygens (including phenoxy) is 1. The monoisotopic (exact) mass is 445 g/mol. The molecule has 28 heavy (non-hydrogen) atoms. The molecule has 1 aliphatic rings. The minimum Gasteiger partial charge on any atom is -0.406 e. The van der Waals surface area contributed by atoms with Gasteiger partial charge < -0.3 is 20.7 Å². The molecular weight excluding hydrogens is 418 g/mol. The summed E-state index contributed by atoms with van der Waals surface area (Å²) in [7, 11) is 0. The van der Waals surface area contributed by atoms with Gasteiger partial charge in [-0.05, 0) is 31.4 Å². The van der Waals surface area contributed by atoms with Crippen LogP contribution in [0.3, 0.4) is 0 Å². The largest absolute Gasteiger partial charge is 0.573 e. The molecule has 1 amide bonds. The van der Waals surface area contributed by atoms with Gasteiger partial charge in [-0.1, -0.05) is 19.9 Å². The van der Waals surface area contributed by atoms with Gasteiger partial charge in [0.2, 0.25) is 5.91 Å². The zero-order chi connectivity index (χ0) is 19.4. The van der Waals surface area contributed by atoms with E-state index in [9.17, 15) is 18.0 Å². The molecule has 1 saturated heterocycles. The Balaban J connectivity index is 0.00000364. The Morgan fingerprint density at radius 1 is 1.29 bits per heavy atom. The van der Waals surface area contributed by atoms with Crippen LogP contribution < -0.4 is 20.7 Å². The molecule has 162 valence electrons. The van der Waals surface area contributed by atoms with E-state index < -0.39 is 11.8 Å². The summed E-state index contributed by atoms with van der Waals surface area (Å²) in [4.78, 5) is 14.6. The molecule has 1 aromatic carbocycles. The van der Waals surface area contributed by atoms with Gasteiger partial charge in [0.25, 0.3) is 0 Å². The molecule has 2 rings (SSSR count). The average molecular weight is 446 g/mol. The molecule has 1 aromatic rings. The maximum Gasteiger partial charge on any atom is 0.573 e. The molecule has 0 saturated carbocycles. The maximum absolute atomic E-state index is 12.6. The van der Waals surface area contributed by atoms with E-state index >= 15 is 0 Å². The van der Waals surface area contributed by atoms with Gasteiger partial charge in [0.05, 0.1) is 5.41 Å². The Labute approximate surface area is 176 Å². The van der Waals surface area contributed by atoms with Gasteiger partial charge in [-0.2, -0.15) is 0 Å². The fourth-order valence-corrected chi connectivity index (χ4v) is 3.28. The van der Waals surface area contributed by atoms with Crippen molar-refractivity contribution < 1.29 is 22.7 Å². The first-order valence-electron chi connectivity index (χ1n) is 8.85. The first-order valence-corrected chi connectivity index (χ1v) is 8.85. The number of nitrogens with two attached hydrogens (primary N) is 1. The van der Waals surface area contributed by atoms with E-state index in [4.69, 9.17) is 5.73 Å². The third-order valence-electron chi connectivity index (χ3n) is 5.17. The first-order chi connectivity index (χ1) is 12.2. The number of carbonyl (C=O) groups is 1. The van der Waals surface area contributed by atoms with E-state index in [1.165, 1.54) is 18.2 Å². The molecule has 1 fully saturated rings. The number of carbonyl (C=O) groups excluding carboxylic acids is 1. The van der Waals surface area contributed by atoms with E-state index in [0.29, 0.717) is 38.2 Å². The molecule has 0 aliphatic carbocycles. The molecule has 0 aromatic heterocycles. The Morgan fingerprint density at radius 3 is 2.46 bits per heavy atom. The lowest BCUT2D eigenvalue weighted by molar-refractivity contribution is -0.274. The second-order valence-electron chi connectivity index (χ2n) is 6.64. The van der Waals surface area contributed by atoms with Crippen molar-refractivity contribution in [3.63, 3.8) is 0 Å². The molecule has 0 bridgehead atoms. The third-order valence-corrected chi connectivity index (χ3v) is 5.17. The van der Waals surface area contributed by atoms with E-state index in [0.717, 1.165) is 6.42 Å². The van der Waals surface area contributed by atoms with Crippen molar-refractivity contribution in [3.05, 3.63) is 24.3 Å². The lowest BCUT2D eigenvalue weighted by Crippen LogP contribution is -2.49. The van der Waals surface area contributed by atoms with Gasteiger partial charge in [-0.15, -0.1) is 38.0 Å². The number of hydrogen-bond acceptors (Lipinski definition) is 4. The highest BCUT2D eigenvalue weighted by atomic mass is 35.5. The standard InChI is InChI=1S/C18H26F3N3O2.2ClH/c1-3-17(4-2,12-22)16(25)23-13-8-9-24(11-13)14-6-5-7-15(10-14)26-18(19,20)21;;/h5-7,10,13H,3-4,8-9,11-12,22H2,1-2H3,(H,23,25);2*1H. The Morgan fingerprint density at radius 2 is 1.93 bits per heavy atom. The summed E-state index contributed by atoms with van der Waals surface area (Å²) < 4.78 is 41.1. The number of halogens is 5. The smallest absolute Gasteiger partial charge is 0.406 e. The summed E-state index contributed by atoms with van der Waals surface area (Å²) in [6.07, 6.45) is -2.66. The molecule has 3 N–H and O–H groups in total. The topological polar surface area (TPSA) is 67.6 Å². The second kappa shape index (κ2) is 11.0. The molecule has 10 heteroatoms. The molecular formula is C18H28Cl2F3N3O2. The average Bonchev–Trinajstić information content (AvgIpc) is 3.04. The number of anilines is 1. The van der Waals surface area contributed by atoms with Crippen LogP contribution in [-0.2, 0) is 4.79 Å². The Hall–Kier alpha value is -1.38. The lowest BCUT2D eigenvalue weighted by Gasteiger charge is -2.30. The van der Waals surface area contributed by atoms with Crippen LogP contribution in [0, 0.1) is 5.41 Å². The molecule has 1 unspecified atom stereocenters. The van der Waals surface area contributed by atoms with E-state index in [-0.39, 0.29) is 42.5 Å². The summed E-state index contributed by atoms with van der Waals surface area (Å²) in [6.45, 7) is 5.37. The first kappa shape index (κ1) is 26.6. The summed E-state index contributed by atoms with van der Waals surface area (Å²) in [5, 5.41) is 3.05. The van der Waals surface area contributed by atoms with Crippen LogP contribution in [0.5, 0.6) is 5.75 Å². The highest BCUT2D eigenvalue weighted by Gasteiger charge is 2.36. The lowest BCUT2D eigenvalue weighted by atomic mass is 9.81. The molecule has 1 heterocycles. The van der Waals surface area contributed by atoms with E-state index in [2.05, 4.69) is 10.1 Å². The zero-order valence-electron chi connectivity index (χ0n) is 15.9. The van der Waals surface area contributed by atoms with Gasteiger partial charge in [0, 0.05) is 37.4 Å². The van der Waals surface area contributed by atoms with Crippen LogP contribution >= 0.6 is 24.8 Å². The number of nitrogens with zero attached hydrogens (tertiary/aromatic N) is 1. The van der Waals surface area contributed by atoms with Crippen LogP contribution in [0.15, 0.2) is 24.3 Å². The quantitative estimate of drug-likeness (QED) is 0.667. The van der Waals surface area contributed by atoms with Crippen LogP contribution in [0.4, 0.5) is 18.9 Å². The fourth-order valence-electron chi connectivity index (χ4n) is 3.28. The number of nitrogens with one attached hydrogen (secondary N) is 1. The van der Waals surface area contributed by atoms with Crippen LogP contribution in [-0.4, -0.2) is 37.9 Å².